The molecule has 0 aromatic carbocycles. The Bertz CT molecular complexity index is 119. The van der Waals surface area contributed by atoms with E-state index in [2.05, 4.69) is 0 Å². The second-order valence-corrected chi connectivity index (χ2v) is 4.32. The molecule has 2 saturated carbocycles. The van der Waals surface area contributed by atoms with Crippen molar-refractivity contribution in [2.45, 2.75) is 38.5 Å². The number of aliphatic hydroxyl groups excluding tert-OH is 1. The highest BCUT2D eigenvalue weighted by atomic mass is 16.3. The van der Waals surface area contributed by atoms with E-state index in [9.17, 15) is 0 Å². The smallest absolute Gasteiger partial charge is 0.0459 e. The van der Waals surface area contributed by atoms with Crippen LogP contribution in [-0.2, 0) is 0 Å². The van der Waals surface area contributed by atoms with Gasteiger partial charge in [-0.2, -0.15) is 0 Å². The van der Waals surface area contributed by atoms with Crippen molar-refractivity contribution >= 4 is 0 Å². The van der Waals surface area contributed by atoms with Crippen molar-refractivity contribution in [2.24, 2.45) is 17.8 Å². The first-order valence-electron chi connectivity index (χ1n) is 5.01. The molecule has 0 aliphatic heterocycles. The topological polar surface area (TPSA) is 20.2 Å². The molecule has 0 spiro atoms. The summed E-state index contributed by atoms with van der Waals surface area (Å²) >= 11 is 0. The number of rotatable bonds is 1. The first kappa shape index (κ1) is 7.60. The van der Waals surface area contributed by atoms with Gasteiger partial charge in [-0.25, -0.2) is 0 Å². The van der Waals surface area contributed by atoms with Crippen LogP contribution in [0.2, 0.25) is 0 Å². The molecule has 0 aromatic heterocycles. The lowest BCUT2D eigenvalue weighted by molar-refractivity contribution is 0.225. The summed E-state index contributed by atoms with van der Waals surface area (Å²) in [5, 5.41) is 9.01. The Kier molecular flexibility index (Phi) is 2.17. The zero-order valence-electron chi connectivity index (χ0n) is 7.13. The monoisotopic (exact) mass is 154 g/mol. The second-order valence-electron chi connectivity index (χ2n) is 4.32. The zero-order valence-corrected chi connectivity index (χ0v) is 7.13. The summed E-state index contributed by atoms with van der Waals surface area (Å²) in [7, 11) is 0. The van der Waals surface area contributed by atoms with E-state index in [-0.39, 0.29) is 0 Å². The molecule has 0 heterocycles. The molecule has 64 valence electrons. The van der Waals surface area contributed by atoms with Gasteiger partial charge in [0.1, 0.15) is 0 Å². The maximum Gasteiger partial charge on any atom is 0.0459 e. The minimum absolute atomic E-state index is 0.438. The van der Waals surface area contributed by atoms with E-state index >= 15 is 0 Å². The molecule has 2 rings (SSSR count). The molecule has 2 atom stereocenters. The van der Waals surface area contributed by atoms with Crippen LogP contribution in [0, 0.1) is 17.8 Å². The second kappa shape index (κ2) is 3.14. The summed E-state index contributed by atoms with van der Waals surface area (Å²) in [6.07, 6.45) is 8.42. The van der Waals surface area contributed by atoms with E-state index in [0.717, 1.165) is 11.8 Å². The lowest BCUT2D eigenvalue weighted by Crippen LogP contribution is -2.12. The van der Waals surface area contributed by atoms with Gasteiger partial charge in [0.25, 0.3) is 0 Å². The molecule has 2 fully saturated rings. The Hall–Kier alpha value is -0.0400. The van der Waals surface area contributed by atoms with Crippen molar-refractivity contribution in [3.63, 3.8) is 0 Å². The molecule has 2 aliphatic rings. The standard InChI is InChI=1S/C10H18O/c11-7-8-5-9-3-1-2-4-10(9)6-8/h8-11H,1-7H2. The van der Waals surface area contributed by atoms with Crippen LogP contribution in [0.4, 0.5) is 0 Å². The largest absolute Gasteiger partial charge is 0.396 e. The zero-order chi connectivity index (χ0) is 7.68. The van der Waals surface area contributed by atoms with Crippen molar-refractivity contribution in [1.29, 1.82) is 0 Å². The van der Waals surface area contributed by atoms with Crippen LogP contribution in [0.5, 0.6) is 0 Å². The molecule has 0 bridgehead atoms. The first-order chi connectivity index (χ1) is 5.40. The number of aliphatic hydroxyl groups is 1. The van der Waals surface area contributed by atoms with Crippen LogP contribution < -0.4 is 0 Å². The molecule has 0 radical (unpaired) electrons. The summed E-state index contributed by atoms with van der Waals surface area (Å²) < 4.78 is 0. The number of hydrogen-bond donors (Lipinski definition) is 1. The quantitative estimate of drug-likeness (QED) is 0.614. The highest BCUT2D eigenvalue weighted by Gasteiger charge is 2.34. The molecule has 11 heavy (non-hydrogen) atoms. The fraction of sp³-hybridized carbons (Fsp3) is 1.00. The molecule has 2 aliphatic carbocycles. The van der Waals surface area contributed by atoms with Crippen LogP contribution in [0.1, 0.15) is 38.5 Å². The third-order valence-corrected chi connectivity index (χ3v) is 3.60. The molecule has 1 heteroatoms. The van der Waals surface area contributed by atoms with Crippen molar-refractivity contribution < 1.29 is 5.11 Å². The normalized spacial score (nSPS) is 43.9. The van der Waals surface area contributed by atoms with E-state index in [1.54, 1.807) is 0 Å². The predicted octanol–water partition coefficient (Wildman–Crippen LogP) is 2.20. The Balaban J connectivity index is 1.92. The molecule has 2 unspecified atom stereocenters. The summed E-state index contributed by atoms with van der Waals surface area (Å²) in [5.74, 6) is 2.63. The van der Waals surface area contributed by atoms with Gasteiger partial charge in [0.05, 0.1) is 0 Å². The maximum absolute atomic E-state index is 9.01. The van der Waals surface area contributed by atoms with Gasteiger partial charge in [-0.1, -0.05) is 25.7 Å². The van der Waals surface area contributed by atoms with E-state index in [1.807, 2.05) is 0 Å². The first-order valence-corrected chi connectivity index (χ1v) is 5.01. The summed E-state index contributed by atoms with van der Waals surface area (Å²) in [5.41, 5.74) is 0. The molecule has 1 nitrogen and oxygen atoms in total. The minimum Gasteiger partial charge on any atom is -0.396 e. The highest BCUT2D eigenvalue weighted by Crippen LogP contribution is 2.44. The molecular formula is C10H18O. The minimum atomic E-state index is 0.438. The average Bonchev–Trinajstić information content (AvgIpc) is 2.46. The van der Waals surface area contributed by atoms with Crippen LogP contribution >= 0.6 is 0 Å². The van der Waals surface area contributed by atoms with E-state index < -0.39 is 0 Å². The van der Waals surface area contributed by atoms with Crippen LogP contribution in [0.3, 0.4) is 0 Å². The molecular weight excluding hydrogens is 136 g/mol. The highest BCUT2D eigenvalue weighted by molar-refractivity contribution is 4.85. The Morgan fingerprint density at radius 3 is 2.00 bits per heavy atom. The van der Waals surface area contributed by atoms with Gasteiger partial charge in [-0.15, -0.1) is 0 Å². The third kappa shape index (κ3) is 1.44. The van der Waals surface area contributed by atoms with Gasteiger partial charge in [0.15, 0.2) is 0 Å². The lowest BCUT2D eigenvalue weighted by atomic mass is 9.82. The van der Waals surface area contributed by atoms with Crippen molar-refractivity contribution in [3.05, 3.63) is 0 Å². The number of fused-ring (bicyclic) bond motifs is 1. The van der Waals surface area contributed by atoms with Crippen LogP contribution in [0.15, 0.2) is 0 Å². The van der Waals surface area contributed by atoms with Crippen molar-refractivity contribution in [2.75, 3.05) is 6.61 Å². The van der Waals surface area contributed by atoms with Crippen molar-refractivity contribution in [3.8, 4) is 0 Å². The lowest BCUT2D eigenvalue weighted by Gasteiger charge is -2.24. The molecule has 0 aromatic rings. The number of hydrogen-bond acceptors (Lipinski definition) is 1. The Morgan fingerprint density at radius 1 is 1.00 bits per heavy atom. The van der Waals surface area contributed by atoms with Gasteiger partial charge >= 0.3 is 0 Å². The van der Waals surface area contributed by atoms with E-state index in [0.29, 0.717) is 12.5 Å². The van der Waals surface area contributed by atoms with Gasteiger partial charge in [-0.3, -0.25) is 0 Å². The maximum atomic E-state index is 9.01. The third-order valence-electron chi connectivity index (χ3n) is 3.60. The summed E-state index contributed by atoms with van der Waals surface area (Å²) in [6.45, 7) is 0.438. The van der Waals surface area contributed by atoms with Gasteiger partial charge in [0.2, 0.25) is 0 Å². The predicted molar refractivity (Wildman–Crippen MR) is 45.3 cm³/mol. The van der Waals surface area contributed by atoms with E-state index in [4.69, 9.17) is 5.11 Å². The van der Waals surface area contributed by atoms with Gasteiger partial charge in [-0.05, 0) is 30.6 Å². The Morgan fingerprint density at radius 2 is 1.55 bits per heavy atom. The molecule has 1 N–H and O–H groups in total. The van der Waals surface area contributed by atoms with E-state index in [1.165, 1.54) is 38.5 Å². The molecule has 0 saturated heterocycles. The summed E-state index contributed by atoms with van der Waals surface area (Å²) in [6, 6.07) is 0. The van der Waals surface area contributed by atoms with Gasteiger partial charge < -0.3 is 5.11 Å². The van der Waals surface area contributed by atoms with Crippen LogP contribution in [-0.4, -0.2) is 11.7 Å². The van der Waals surface area contributed by atoms with Gasteiger partial charge in [0, 0.05) is 6.61 Å². The Labute approximate surface area is 68.8 Å². The van der Waals surface area contributed by atoms with Crippen molar-refractivity contribution in [1.82, 2.24) is 0 Å². The average molecular weight is 154 g/mol. The molecule has 0 amide bonds. The summed E-state index contributed by atoms with van der Waals surface area (Å²) in [4.78, 5) is 0. The SMILES string of the molecule is OCC1CC2CCCCC2C1. The van der Waals surface area contributed by atoms with Crippen LogP contribution in [0.25, 0.3) is 0 Å². The fourth-order valence-electron chi connectivity index (χ4n) is 3.01. The fourth-order valence-corrected chi connectivity index (χ4v) is 3.01.